The Labute approximate surface area is 175 Å². The molecule has 0 aliphatic heterocycles. The SMILES string of the molecule is COc1c(C)cc(Br)cc1C(=O)NC(=S)Nc1sc2c(c1C#N)CCCC2. The van der Waals surface area contributed by atoms with E-state index in [4.69, 9.17) is 17.0 Å². The summed E-state index contributed by atoms with van der Waals surface area (Å²) < 4.78 is 6.14. The van der Waals surface area contributed by atoms with Crippen LogP contribution in [0.4, 0.5) is 5.00 Å². The van der Waals surface area contributed by atoms with Gasteiger partial charge in [0.2, 0.25) is 0 Å². The van der Waals surface area contributed by atoms with E-state index in [1.54, 1.807) is 17.4 Å². The van der Waals surface area contributed by atoms with Gasteiger partial charge >= 0.3 is 0 Å². The summed E-state index contributed by atoms with van der Waals surface area (Å²) in [6, 6.07) is 5.84. The van der Waals surface area contributed by atoms with Crippen LogP contribution in [0.25, 0.3) is 0 Å². The number of benzene rings is 1. The maximum Gasteiger partial charge on any atom is 0.261 e. The Bertz CT molecular complexity index is 963. The van der Waals surface area contributed by atoms with Gasteiger partial charge in [0, 0.05) is 9.35 Å². The highest BCUT2D eigenvalue weighted by atomic mass is 79.9. The number of carbonyl (C=O) groups excluding carboxylic acids is 1. The molecule has 0 spiro atoms. The molecule has 140 valence electrons. The van der Waals surface area contributed by atoms with Gasteiger partial charge in [0.05, 0.1) is 18.2 Å². The number of hydrogen-bond acceptors (Lipinski definition) is 5. The van der Waals surface area contributed by atoms with E-state index in [-0.39, 0.29) is 11.0 Å². The van der Waals surface area contributed by atoms with E-state index < -0.39 is 0 Å². The van der Waals surface area contributed by atoms with E-state index in [9.17, 15) is 10.1 Å². The number of hydrogen-bond donors (Lipinski definition) is 2. The van der Waals surface area contributed by atoms with Crippen LogP contribution in [0.2, 0.25) is 0 Å². The fourth-order valence-corrected chi connectivity index (χ4v) is 5.32. The second kappa shape index (κ2) is 8.38. The van der Waals surface area contributed by atoms with Crippen molar-refractivity contribution in [1.29, 1.82) is 5.26 Å². The highest BCUT2D eigenvalue weighted by Crippen LogP contribution is 2.37. The molecule has 0 unspecified atom stereocenters. The summed E-state index contributed by atoms with van der Waals surface area (Å²) in [5.74, 6) is 0.136. The standard InChI is InChI=1S/C19H18BrN3O2S2/c1-10-7-11(20)8-13(16(10)25-2)17(24)22-19(26)23-18-14(9-21)12-5-3-4-6-15(12)27-18/h7-8H,3-6H2,1-2H3,(H2,22,23,24,26). The number of thiophene rings is 1. The fraction of sp³-hybridized carbons (Fsp3) is 0.316. The predicted molar refractivity (Wildman–Crippen MR) is 115 cm³/mol. The fourth-order valence-electron chi connectivity index (χ4n) is 3.25. The Kier molecular flexibility index (Phi) is 6.15. The number of carbonyl (C=O) groups is 1. The number of halogens is 1. The molecule has 1 aliphatic carbocycles. The molecule has 1 aromatic heterocycles. The number of fused-ring (bicyclic) bond motifs is 1. The minimum absolute atomic E-state index is 0.162. The molecule has 0 radical (unpaired) electrons. The lowest BCUT2D eigenvalue weighted by atomic mass is 9.96. The molecule has 0 saturated carbocycles. The van der Waals surface area contributed by atoms with Crippen molar-refractivity contribution in [2.24, 2.45) is 0 Å². The number of anilines is 1. The molecule has 1 aliphatic rings. The van der Waals surface area contributed by atoms with Crippen LogP contribution in [0.3, 0.4) is 0 Å². The molecule has 27 heavy (non-hydrogen) atoms. The predicted octanol–water partition coefficient (Wildman–Crippen LogP) is 4.70. The normalized spacial score (nSPS) is 12.7. The molecular weight excluding hydrogens is 446 g/mol. The van der Waals surface area contributed by atoms with Crippen molar-refractivity contribution in [3.63, 3.8) is 0 Å². The monoisotopic (exact) mass is 463 g/mol. The lowest BCUT2D eigenvalue weighted by molar-refractivity contribution is 0.0974. The maximum absolute atomic E-state index is 12.7. The van der Waals surface area contributed by atoms with Gasteiger partial charge in [0.15, 0.2) is 5.11 Å². The van der Waals surface area contributed by atoms with Crippen molar-refractivity contribution < 1.29 is 9.53 Å². The number of nitrogens with zero attached hydrogens (tertiary/aromatic N) is 1. The molecule has 2 aromatic rings. The zero-order chi connectivity index (χ0) is 19.6. The number of ether oxygens (including phenoxy) is 1. The first kappa shape index (κ1) is 19.8. The van der Waals surface area contributed by atoms with Gasteiger partial charge in [0.1, 0.15) is 16.8 Å². The van der Waals surface area contributed by atoms with Crippen molar-refractivity contribution in [3.8, 4) is 11.8 Å². The van der Waals surface area contributed by atoms with Crippen molar-refractivity contribution in [2.45, 2.75) is 32.6 Å². The minimum atomic E-state index is -0.367. The summed E-state index contributed by atoms with van der Waals surface area (Å²) in [5.41, 5.74) is 2.99. The molecule has 1 heterocycles. The van der Waals surface area contributed by atoms with E-state index in [1.807, 2.05) is 13.0 Å². The smallest absolute Gasteiger partial charge is 0.261 e. The Morgan fingerprint density at radius 3 is 2.81 bits per heavy atom. The first-order chi connectivity index (χ1) is 12.9. The van der Waals surface area contributed by atoms with Gasteiger partial charge in [-0.05, 0) is 68.1 Å². The Balaban J connectivity index is 1.78. The summed E-state index contributed by atoms with van der Waals surface area (Å²) in [6.07, 6.45) is 4.15. The van der Waals surface area contributed by atoms with Crippen LogP contribution in [0.1, 0.15) is 44.8 Å². The van der Waals surface area contributed by atoms with Crippen LogP contribution in [0.5, 0.6) is 5.75 Å². The lowest BCUT2D eigenvalue weighted by Crippen LogP contribution is -2.34. The number of nitrogens with one attached hydrogen (secondary N) is 2. The molecule has 3 rings (SSSR count). The molecular formula is C19H18BrN3O2S2. The molecule has 0 bridgehead atoms. The Morgan fingerprint density at radius 2 is 2.11 bits per heavy atom. The van der Waals surface area contributed by atoms with E-state index in [0.29, 0.717) is 21.9 Å². The van der Waals surface area contributed by atoms with E-state index in [2.05, 4.69) is 32.6 Å². The molecule has 1 aromatic carbocycles. The van der Waals surface area contributed by atoms with Gasteiger partial charge in [-0.1, -0.05) is 15.9 Å². The first-order valence-corrected chi connectivity index (χ1v) is 10.5. The average Bonchev–Trinajstić information content (AvgIpc) is 2.97. The van der Waals surface area contributed by atoms with Gasteiger partial charge in [-0.25, -0.2) is 0 Å². The van der Waals surface area contributed by atoms with Crippen molar-refractivity contribution in [3.05, 3.63) is 43.7 Å². The largest absolute Gasteiger partial charge is 0.496 e. The number of methoxy groups -OCH3 is 1. The summed E-state index contributed by atoms with van der Waals surface area (Å²) in [7, 11) is 1.53. The van der Waals surface area contributed by atoms with Gasteiger partial charge in [-0.3, -0.25) is 10.1 Å². The zero-order valence-corrected chi connectivity index (χ0v) is 18.2. The molecule has 0 saturated heterocycles. The third-order valence-electron chi connectivity index (χ3n) is 4.43. The zero-order valence-electron chi connectivity index (χ0n) is 14.9. The van der Waals surface area contributed by atoms with E-state index >= 15 is 0 Å². The first-order valence-electron chi connectivity index (χ1n) is 8.45. The summed E-state index contributed by atoms with van der Waals surface area (Å²) in [5, 5.41) is 16.1. The van der Waals surface area contributed by atoms with Crippen LogP contribution >= 0.6 is 39.5 Å². The Morgan fingerprint density at radius 1 is 1.37 bits per heavy atom. The number of rotatable bonds is 3. The molecule has 1 amide bonds. The summed E-state index contributed by atoms with van der Waals surface area (Å²) in [6.45, 7) is 1.87. The van der Waals surface area contributed by atoms with Crippen LogP contribution < -0.4 is 15.4 Å². The van der Waals surface area contributed by atoms with Gasteiger partial charge in [0.25, 0.3) is 5.91 Å². The van der Waals surface area contributed by atoms with Gasteiger partial charge in [-0.15, -0.1) is 11.3 Å². The Hall–Kier alpha value is -1.95. The minimum Gasteiger partial charge on any atom is -0.496 e. The second-order valence-corrected chi connectivity index (χ2v) is 8.67. The van der Waals surface area contributed by atoms with Gasteiger partial charge < -0.3 is 10.1 Å². The van der Waals surface area contributed by atoms with Crippen LogP contribution in [-0.4, -0.2) is 18.1 Å². The van der Waals surface area contributed by atoms with Crippen LogP contribution in [0, 0.1) is 18.3 Å². The van der Waals surface area contributed by atoms with Crippen LogP contribution in [0.15, 0.2) is 16.6 Å². The van der Waals surface area contributed by atoms with E-state index in [1.165, 1.54) is 12.0 Å². The number of nitriles is 1. The highest BCUT2D eigenvalue weighted by molar-refractivity contribution is 9.10. The summed E-state index contributed by atoms with van der Waals surface area (Å²) in [4.78, 5) is 13.9. The third kappa shape index (κ3) is 4.15. The van der Waals surface area contributed by atoms with E-state index in [0.717, 1.165) is 41.3 Å². The third-order valence-corrected chi connectivity index (χ3v) is 6.29. The van der Waals surface area contributed by atoms with Crippen molar-refractivity contribution in [2.75, 3.05) is 12.4 Å². The molecule has 5 nitrogen and oxygen atoms in total. The lowest BCUT2D eigenvalue weighted by Gasteiger charge is -2.13. The summed E-state index contributed by atoms with van der Waals surface area (Å²) >= 11 is 10.3. The quantitative estimate of drug-likeness (QED) is 0.644. The van der Waals surface area contributed by atoms with Crippen LogP contribution in [-0.2, 0) is 12.8 Å². The van der Waals surface area contributed by atoms with Gasteiger partial charge in [-0.2, -0.15) is 5.26 Å². The molecule has 2 N–H and O–H groups in total. The van der Waals surface area contributed by atoms with Crippen molar-refractivity contribution in [1.82, 2.24) is 5.32 Å². The number of thiocarbonyl (C=S) groups is 1. The number of amides is 1. The highest BCUT2D eigenvalue weighted by Gasteiger charge is 2.22. The maximum atomic E-state index is 12.7. The number of aryl methyl sites for hydroxylation is 2. The average molecular weight is 464 g/mol. The second-order valence-electron chi connectivity index (χ2n) is 6.24. The van der Waals surface area contributed by atoms with Crippen molar-refractivity contribution >= 4 is 55.5 Å². The molecule has 0 atom stereocenters. The molecule has 0 fully saturated rings. The molecule has 8 heteroatoms. The topological polar surface area (TPSA) is 74.2 Å².